The quantitative estimate of drug-likeness (QED) is 0.473. The van der Waals surface area contributed by atoms with Crippen LogP contribution in [-0.2, 0) is 4.74 Å². The van der Waals surface area contributed by atoms with Gasteiger partial charge in [0.25, 0.3) is 0 Å². The molecular formula is C6H14N2O. The number of rotatable bonds is 0. The van der Waals surface area contributed by atoms with Crippen LogP contribution in [0.25, 0.3) is 0 Å². The Kier molecular flexibility index (Phi) is 7.01. The molecule has 0 bridgehead atoms. The highest BCUT2D eigenvalue weighted by molar-refractivity contribution is 4.49. The SMILES string of the molecule is C1COCCN1.C=CN. The van der Waals surface area contributed by atoms with Gasteiger partial charge in [-0.2, -0.15) is 0 Å². The van der Waals surface area contributed by atoms with E-state index in [1.165, 1.54) is 6.20 Å². The lowest BCUT2D eigenvalue weighted by molar-refractivity contribution is 0.109. The Morgan fingerprint density at radius 2 is 1.89 bits per heavy atom. The van der Waals surface area contributed by atoms with Crippen molar-refractivity contribution in [3.63, 3.8) is 0 Å². The second-order valence-corrected chi connectivity index (χ2v) is 1.60. The first-order chi connectivity index (χ1) is 4.41. The smallest absolute Gasteiger partial charge is 0.0591 e. The van der Waals surface area contributed by atoms with E-state index in [0.29, 0.717) is 0 Å². The average molecular weight is 130 g/mol. The zero-order valence-corrected chi connectivity index (χ0v) is 5.60. The van der Waals surface area contributed by atoms with Gasteiger partial charge in [0.15, 0.2) is 0 Å². The summed E-state index contributed by atoms with van der Waals surface area (Å²) >= 11 is 0. The molecule has 1 aliphatic rings. The number of nitrogens with two attached hydrogens (primary N) is 1. The van der Waals surface area contributed by atoms with Gasteiger partial charge in [-0.25, -0.2) is 0 Å². The van der Waals surface area contributed by atoms with Crippen LogP contribution < -0.4 is 11.1 Å². The lowest BCUT2D eigenvalue weighted by atomic mass is 10.5. The third kappa shape index (κ3) is 7.46. The molecule has 54 valence electrons. The predicted molar refractivity (Wildman–Crippen MR) is 38.1 cm³/mol. The highest BCUT2D eigenvalue weighted by atomic mass is 16.5. The molecule has 9 heavy (non-hydrogen) atoms. The summed E-state index contributed by atoms with van der Waals surface area (Å²) in [5, 5.41) is 3.16. The zero-order chi connectivity index (χ0) is 6.95. The van der Waals surface area contributed by atoms with Crippen molar-refractivity contribution >= 4 is 0 Å². The highest BCUT2D eigenvalue weighted by Gasteiger charge is 1.92. The van der Waals surface area contributed by atoms with E-state index in [9.17, 15) is 0 Å². The summed E-state index contributed by atoms with van der Waals surface area (Å²) in [7, 11) is 0. The first-order valence-corrected chi connectivity index (χ1v) is 3.03. The molecule has 3 nitrogen and oxygen atoms in total. The molecule has 0 amide bonds. The van der Waals surface area contributed by atoms with Crippen LogP contribution in [0, 0.1) is 0 Å². The van der Waals surface area contributed by atoms with E-state index in [1.807, 2.05) is 0 Å². The van der Waals surface area contributed by atoms with E-state index in [0.717, 1.165) is 26.3 Å². The van der Waals surface area contributed by atoms with Gasteiger partial charge in [0.2, 0.25) is 0 Å². The van der Waals surface area contributed by atoms with Gasteiger partial charge in [-0.05, 0) is 6.20 Å². The molecule has 0 saturated carbocycles. The second-order valence-electron chi connectivity index (χ2n) is 1.60. The lowest BCUT2D eigenvalue weighted by Gasteiger charge is -2.10. The molecule has 0 radical (unpaired) electrons. The van der Waals surface area contributed by atoms with Gasteiger partial charge in [0.05, 0.1) is 13.2 Å². The molecule has 1 aliphatic heterocycles. The van der Waals surface area contributed by atoms with Crippen LogP contribution in [0.1, 0.15) is 0 Å². The summed E-state index contributed by atoms with van der Waals surface area (Å²) in [4.78, 5) is 0. The molecule has 0 unspecified atom stereocenters. The molecule has 3 N–H and O–H groups in total. The van der Waals surface area contributed by atoms with Crippen molar-refractivity contribution in [2.75, 3.05) is 26.3 Å². The maximum atomic E-state index is 5.01. The van der Waals surface area contributed by atoms with Crippen LogP contribution in [-0.4, -0.2) is 26.3 Å². The predicted octanol–water partition coefficient (Wildman–Crippen LogP) is -0.305. The van der Waals surface area contributed by atoms with Gasteiger partial charge in [-0.3, -0.25) is 0 Å². The standard InChI is InChI=1S/C4H9NO.C2H5N/c1-3-6-4-2-5-1;1-2-3/h5H,1-4H2;2H,1,3H2. The minimum absolute atomic E-state index is 0.889. The summed E-state index contributed by atoms with van der Waals surface area (Å²) < 4.78 is 5.01. The Balaban J connectivity index is 0.000000187. The monoisotopic (exact) mass is 130 g/mol. The molecule has 0 aliphatic carbocycles. The van der Waals surface area contributed by atoms with Gasteiger partial charge in [-0.1, -0.05) is 6.58 Å². The van der Waals surface area contributed by atoms with E-state index in [4.69, 9.17) is 4.74 Å². The fourth-order valence-electron chi connectivity index (χ4n) is 0.516. The van der Waals surface area contributed by atoms with Crippen molar-refractivity contribution in [1.29, 1.82) is 0 Å². The Hall–Kier alpha value is -0.540. The largest absolute Gasteiger partial charge is 0.405 e. The number of hydrogen-bond acceptors (Lipinski definition) is 3. The van der Waals surface area contributed by atoms with Gasteiger partial charge < -0.3 is 15.8 Å². The van der Waals surface area contributed by atoms with Crippen molar-refractivity contribution in [2.45, 2.75) is 0 Å². The minimum atomic E-state index is 0.889. The summed E-state index contributed by atoms with van der Waals surface area (Å²) in [6, 6.07) is 0. The Labute approximate surface area is 55.9 Å². The zero-order valence-electron chi connectivity index (χ0n) is 5.60. The molecule has 1 saturated heterocycles. The first kappa shape index (κ1) is 8.46. The molecule has 0 aromatic rings. The van der Waals surface area contributed by atoms with Crippen LogP contribution in [0.5, 0.6) is 0 Å². The lowest BCUT2D eigenvalue weighted by Crippen LogP contribution is -2.30. The molecule has 0 aromatic heterocycles. The van der Waals surface area contributed by atoms with Crippen molar-refractivity contribution in [3.05, 3.63) is 12.8 Å². The van der Waals surface area contributed by atoms with Gasteiger partial charge >= 0.3 is 0 Å². The van der Waals surface area contributed by atoms with Crippen molar-refractivity contribution in [3.8, 4) is 0 Å². The van der Waals surface area contributed by atoms with Crippen LogP contribution in [0.3, 0.4) is 0 Å². The van der Waals surface area contributed by atoms with Crippen LogP contribution in [0.4, 0.5) is 0 Å². The molecule has 0 aromatic carbocycles. The molecule has 3 heteroatoms. The van der Waals surface area contributed by atoms with E-state index in [2.05, 4.69) is 17.6 Å². The topological polar surface area (TPSA) is 47.3 Å². The van der Waals surface area contributed by atoms with Crippen LogP contribution in [0.15, 0.2) is 12.8 Å². The Bertz CT molecular complexity index is 50.6. The van der Waals surface area contributed by atoms with Gasteiger partial charge in [0, 0.05) is 13.1 Å². The molecule has 0 spiro atoms. The third-order valence-corrected chi connectivity index (χ3v) is 0.846. The van der Waals surface area contributed by atoms with Crippen molar-refractivity contribution < 1.29 is 4.74 Å². The van der Waals surface area contributed by atoms with E-state index < -0.39 is 0 Å². The molecule has 1 rings (SSSR count). The normalized spacial score (nSPS) is 17.3. The van der Waals surface area contributed by atoms with Gasteiger partial charge in [0.1, 0.15) is 0 Å². The van der Waals surface area contributed by atoms with Crippen LogP contribution in [0.2, 0.25) is 0 Å². The van der Waals surface area contributed by atoms with E-state index in [-0.39, 0.29) is 0 Å². The first-order valence-electron chi connectivity index (χ1n) is 3.03. The Morgan fingerprint density at radius 3 is 2.00 bits per heavy atom. The van der Waals surface area contributed by atoms with Crippen molar-refractivity contribution in [1.82, 2.24) is 5.32 Å². The van der Waals surface area contributed by atoms with Gasteiger partial charge in [-0.15, -0.1) is 0 Å². The summed E-state index contributed by atoms with van der Waals surface area (Å²) in [6.07, 6.45) is 1.25. The average Bonchev–Trinajstić information content (AvgIpc) is 1.93. The molecule has 1 heterocycles. The summed E-state index contributed by atoms with van der Waals surface area (Å²) in [5.41, 5.74) is 4.61. The minimum Gasteiger partial charge on any atom is -0.405 e. The maximum Gasteiger partial charge on any atom is 0.0591 e. The number of nitrogens with one attached hydrogen (secondary N) is 1. The fourth-order valence-corrected chi connectivity index (χ4v) is 0.516. The summed E-state index contributed by atoms with van der Waals surface area (Å²) in [6.45, 7) is 6.97. The summed E-state index contributed by atoms with van der Waals surface area (Å²) in [5.74, 6) is 0. The van der Waals surface area contributed by atoms with Crippen LogP contribution >= 0.6 is 0 Å². The number of morpholine rings is 1. The maximum absolute atomic E-state index is 5.01. The Morgan fingerprint density at radius 1 is 1.44 bits per heavy atom. The van der Waals surface area contributed by atoms with E-state index in [1.54, 1.807) is 0 Å². The van der Waals surface area contributed by atoms with Crippen molar-refractivity contribution in [2.24, 2.45) is 5.73 Å². The fraction of sp³-hybridized carbons (Fsp3) is 0.667. The molecule has 1 fully saturated rings. The molecular weight excluding hydrogens is 116 g/mol. The highest BCUT2D eigenvalue weighted by Crippen LogP contribution is 1.76. The number of ether oxygens (including phenoxy) is 1. The van der Waals surface area contributed by atoms with E-state index >= 15 is 0 Å². The third-order valence-electron chi connectivity index (χ3n) is 0.846. The number of hydrogen-bond donors (Lipinski definition) is 2. The molecule has 0 atom stereocenters. The second kappa shape index (κ2) is 7.46.